The molecule has 0 aromatic heterocycles. The number of hydrogen-bond donors (Lipinski definition) is 1. The first-order valence-corrected chi connectivity index (χ1v) is 8.13. The van der Waals surface area contributed by atoms with Crippen LogP contribution in [0, 0.1) is 0 Å². The maximum Gasteiger partial charge on any atom is 0.119 e. The van der Waals surface area contributed by atoms with Crippen molar-refractivity contribution in [1.29, 1.82) is 0 Å². The lowest BCUT2D eigenvalue weighted by molar-refractivity contribution is -0.000886. The van der Waals surface area contributed by atoms with Gasteiger partial charge in [-0.25, -0.2) is 0 Å². The molecule has 0 heterocycles. The van der Waals surface area contributed by atoms with Gasteiger partial charge in [0.25, 0.3) is 0 Å². The van der Waals surface area contributed by atoms with Crippen LogP contribution in [0.1, 0.15) is 31.9 Å². The number of benzene rings is 2. The van der Waals surface area contributed by atoms with Gasteiger partial charge in [0.15, 0.2) is 0 Å². The van der Waals surface area contributed by atoms with Crippen molar-refractivity contribution in [2.24, 2.45) is 0 Å². The molecular formula is C20H27NO2. The third-order valence-electron chi connectivity index (χ3n) is 3.31. The molecule has 2 aromatic carbocycles. The second-order valence-electron chi connectivity index (χ2n) is 6.56. The van der Waals surface area contributed by atoms with Crippen LogP contribution in [0.2, 0.25) is 0 Å². The van der Waals surface area contributed by atoms with Crippen molar-refractivity contribution in [3.63, 3.8) is 0 Å². The van der Waals surface area contributed by atoms with E-state index in [0.717, 1.165) is 25.4 Å². The molecule has 0 saturated carbocycles. The zero-order valence-corrected chi connectivity index (χ0v) is 14.3. The molecule has 3 heteroatoms. The van der Waals surface area contributed by atoms with E-state index in [-0.39, 0.29) is 5.60 Å². The Morgan fingerprint density at radius 1 is 0.870 bits per heavy atom. The molecule has 0 unspecified atom stereocenters. The Labute approximate surface area is 139 Å². The van der Waals surface area contributed by atoms with Crippen LogP contribution in [0.15, 0.2) is 54.6 Å². The predicted octanol–water partition coefficient (Wildman–Crippen LogP) is 4.17. The van der Waals surface area contributed by atoms with Gasteiger partial charge in [0.2, 0.25) is 0 Å². The zero-order valence-electron chi connectivity index (χ0n) is 14.3. The normalized spacial score (nSPS) is 11.4. The lowest BCUT2D eigenvalue weighted by atomic mass is 10.2. The third kappa shape index (κ3) is 7.31. The van der Waals surface area contributed by atoms with Crippen molar-refractivity contribution in [3.8, 4) is 5.75 Å². The minimum absolute atomic E-state index is 0.0700. The van der Waals surface area contributed by atoms with Crippen molar-refractivity contribution in [2.75, 3.05) is 13.2 Å². The van der Waals surface area contributed by atoms with Gasteiger partial charge in [-0.1, -0.05) is 42.5 Å². The molecule has 0 amide bonds. The predicted molar refractivity (Wildman–Crippen MR) is 94.6 cm³/mol. The third-order valence-corrected chi connectivity index (χ3v) is 3.31. The fraction of sp³-hybridized carbons (Fsp3) is 0.400. The summed E-state index contributed by atoms with van der Waals surface area (Å²) in [6, 6.07) is 18.4. The van der Waals surface area contributed by atoms with Gasteiger partial charge in [-0.05, 0) is 44.0 Å². The van der Waals surface area contributed by atoms with Crippen molar-refractivity contribution < 1.29 is 9.47 Å². The van der Waals surface area contributed by atoms with Gasteiger partial charge < -0.3 is 14.8 Å². The van der Waals surface area contributed by atoms with Gasteiger partial charge >= 0.3 is 0 Å². The lowest BCUT2D eigenvalue weighted by Gasteiger charge is -2.19. The first-order chi connectivity index (χ1) is 11.0. The Kier molecular flexibility index (Phi) is 6.63. The van der Waals surface area contributed by atoms with Crippen LogP contribution in [0.3, 0.4) is 0 Å². The van der Waals surface area contributed by atoms with Crippen LogP contribution in [0.4, 0.5) is 0 Å². The quantitative estimate of drug-likeness (QED) is 0.742. The topological polar surface area (TPSA) is 30.5 Å². The van der Waals surface area contributed by atoms with E-state index in [2.05, 4.69) is 50.4 Å². The molecule has 0 saturated heterocycles. The van der Waals surface area contributed by atoms with Gasteiger partial charge in [-0.2, -0.15) is 0 Å². The van der Waals surface area contributed by atoms with Gasteiger partial charge in [0.1, 0.15) is 12.4 Å². The largest absolute Gasteiger partial charge is 0.489 e. The van der Waals surface area contributed by atoms with E-state index in [1.165, 1.54) is 11.1 Å². The molecule has 1 N–H and O–H groups in total. The SMILES string of the molecule is CC(C)(C)OCCNCc1ccc(OCc2ccccc2)cc1. The summed E-state index contributed by atoms with van der Waals surface area (Å²) in [6.45, 7) is 9.23. The Morgan fingerprint density at radius 2 is 1.57 bits per heavy atom. The molecule has 0 radical (unpaired) electrons. The van der Waals surface area contributed by atoms with Crippen LogP contribution in [0.25, 0.3) is 0 Å². The summed E-state index contributed by atoms with van der Waals surface area (Å²) in [5, 5.41) is 3.39. The molecule has 2 rings (SSSR count). The van der Waals surface area contributed by atoms with Gasteiger partial charge in [-0.3, -0.25) is 0 Å². The van der Waals surface area contributed by atoms with Crippen molar-refractivity contribution in [1.82, 2.24) is 5.32 Å². The van der Waals surface area contributed by atoms with Crippen molar-refractivity contribution in [2.45, 2.75) is 39.5 Å². The zero-order chi connectivity index (χ0) is 16.5. The highest BCUT2D eigenvalue weighted by Gasteiger charge is 2.08. The summed E-state index contributed by atoms with van der Waals surface area (Å²) in [5.74, 6) is 0.897. The van der Waals surface area contributed by atoms with E-state index in [1.807, 2.05) is 30.3 Å². The number of nitrogens with one attached hydrogen (secondary N) is 1. The molecule has 2 aromatic rings. The molecular weight excluding hydrogens is 286 g/mol. The van der Waals surface area contributed by atoms with Crippen molar-refractivity contribution in [3.05, 3.63) is 65.7 Å². The summed E-state index contributed by atoms with van der Waals surface area (Å²) in [4.78, 5) is 0. The summed E-state index contributed by atoms with van der Waals surface area (Å²) >= 11 is 0. The summed E-state index contributed by atoms with van der Waals surface area (Å²) in [6.07, 6.45) is 0. The Morgan fingerprint density at radius 3 is 2.22 bits per heavy atom. The summed E-state index contributed by atoms with van der Waals surface area (Å²) in [7, 11) is 0. The van der Waals surface area contributed by atoms with E-state index in [0.29, 0.717) is 6.61 Å². The summed E-state index contributed by atoms with van der Waals surface area (Å²) < 4.78 is 11.5. The molecule has 23 heavy (non-hydrogen) atoms. The lowest BCUT2D eigenvalue weighted by Crippen LogP contribution is -2.26. The smallest absolute Gasteiger partial charge is 0.119 e. The van der Waals surface area contributed by atoms with Crippen molar-refractivity contribution >= 4 is 0 Å². The Hall–Kier alpha value is -1.84. The second kappa shape index (κ2) is 8.70. The molecule has 0 aliphatic heterocycles. The summed E-state index contributed by atoms with van der Waals surface area (Å²) in [5.41, 5.74) is 2.35. The number of rotatable bonds is 8. The van der Waals surface area contributed by atoms with E-state index in [9.17, 15) is 0 Å². The number of ether oxygens (including phenoxy) is 2. The van der Waals surface area contributed by atoms with Crippen LogP contribution >= 0.6 is 0 Å². The highest BCUT2D eigenvalue weighted by Crippen LogP contribution is 2.14. The van der Waals surface area contributed by atoms with Gasteiger partial charge in [0.05, 0.1) is 12.2 Å². The van der Waals surface area contributed by atoms with E-state index in [4.69, 9.17) is 9.47 Å². The molecule has 0 fully saturated rings. The second-order valence-corrected chi connectivity index (χ2v) is 6.56. The highest BCUT2D eigenvalue weighted by atomic mass is 16.5. The number of hydrogen-bond acceptors (Lipinski definition) is 3. The maximum atomic E-state index is 5.79. The molecule has 0 atom stereocenters. The Balaban J connectivity index is 1.68. The molecule has 3 nitrogen and oxygen atoms in total. The molecule has 124 valence electrons. The standard InChI is InChI=1S/C20H27NO2/c1-20(2,3)23-14-13-21-15-17-9-11-19(12-10-17)22-16-18-7-5-4-6-8-18/h4-12,21H,13-16H2,1-3H3. The van der Waals surface area contributed by atoms with E-state index in [1.54, 1.807) is 0 Å². The van der Waals surface area contributed by atoms with E-state index < -0.39 is 0 Å². The average molecular weight is 313 g/mol. The first kappa shape index (κ1) is 17.5. The fourth-order valence-corrected chi connectivity index (χ4v) is 2.11. The van der Waals surface area contributed by atoms with E-state index >= 15 is 0 Å². The minimum atomic E-state index is -0.0700. The van der Waals surface area contributed by atoms with Gasteiger partial charge in [-0.15, -0.1) is 0 Å². The molecule has 0 spiro atoms. The molecule has 0 aliphatic rings. The van der Waals surface area contributed by atoms with Crippen LogP contribution in [0.5, 0.6) is 5.75 Å². The van der Waals surface area contributed by atoms with Crippen LogP contribution in [-0.2, 0) is 17.9 Å². The van der Waals surface area contributed by atoms with Crippen LogP contribution in [-0.4, -0.2) is 18.8 Å². The fourth-order valence-electron chi connectivity index (χ4n) is 2.11. The molecule has 0 aliphatic carbocycles. The minimum Gasteiger partial charge on any atom is -0.489 e. The van der Waals surface area contributed by atoms with Crippen LogP contribution < -0.4 is 10.1 Å². The Bertz CT molecular complexity index is 558. The maximum absolute atomic E-state index is 5.79. The first-order valence-electron chi connectivity index (χ1n) is 8.13. The average Bonchev–Trinajstić information content (AvgIpc) is 2.54. The van der Waals surface area contributed by atoms with Gasteiger partial charge in [0, 0.05) is 13.1 Å². The molecule has 0 bridgehead atoms. The monoisotopic (exact) mass is 313 g/mol. The highest BCUT2D eigenvalue weighted by molar-refractivity contribution is 5.27.